The SMILES string of the molecule is CCOc1ccc(OCCCON)cc1. The molecule has 0 heterocycles. The van der Waals surface area contributed by atoms with Gasteiger partial charge in [-0.1, -0.05) is 0 Å². The minimum atomic E-state index is 0.511. The first-order chi connectivity index (χ1) is 7.36. The van der Waals surface area contributed by atoms with Gasteiger partial charge in [0.15, 0.2) is 0 Å². The van der Waals surface area contributed by atoms with Crippen molar-refractivity contribution in [1.82, 2.24) is 0 Å². The minimum absolute atomic E-state index is 0.511. The molecule has 4 nitrogen and oxygen atoms in total. The van der Waals surface area contributed by atoms with Crippen LogP contribution in [-0.4, -0.2) is 19.8 Å². The molecule has 1 rings (SSSR count). The van der Waals surface area contributed by atoms with E-state index in [1.54, 1.807) is 0 Å². The van der Waals surface area contributed by atoms with Gasteiger partial charge in [0.25, 0.3) is 0 Å². The number of benzene rings is 1. The number of ether oxygens (including phenoxy) is 2. The molecule has 0 aromatic heterocycles. The lowest BCUT2D eigenvalue weighted by atomic mass is 10.3. The molecular weight excluding hydrogens is 194 g/mol. The molecule has 0 amide bonds. The topological polar surface area (TPSA) is 53.7 Å². The molecule has 0 unspecified atom stereocenters. The molecule has 0 saturated carbocycles. The van der Waals surface area contributed by atoms with E-state index in [1.165, 1.54) is 0 Å². The normalized spacial score (nSPS) is 10.0. The number of nitrogens with two attached hydrogens (primary N) is 1. The average Bonchev–Trinajstić information content (AvgIpc) is 2.27. The van der Waals surface area contributed by atoms with Crippen molar-refractivity contribution >= 4 is 0 Å². The molecule has 0 radical (unpaired) electrons. The van der Waals surface area contributed by atoms with E-state index in [0.29, 0.717) is 19.8 Å². The number of rotatable bonds is 7. The van der Waals surface area contributed by atoms with E-state index in [4.69, 9.17) is 15.4 Å². The van der Waals surface area contributed by atoms with Crippen LogP contribution in [0.15, 0.2) is 24.3 Å². The molecule has 4 heteroatoms. The standard InChI is InChI=1S/C11H17NO3/c1-2-13-10-4-6-11(7-5-10)14-8-3-9-15-12/h4-7H,2-3,8-9,12H2,1H3. The number of hydrogen-bond acceptors (Lipinski definition) is 4. The maximum absolute atomic E-state index is 5.45. The van der Waals surface area contributed by atoms with Crippen LogP contribution in [0.3, 0.4) is 0 Å². The molecule has 0 atom stereocenters. The average molecular weight is 211 g/mol. The highest BCUT2D eigenvalue weighted by molar-refractivity contribution is 5.31. The first kappa shape index (κ1) is 11.8. The summed E-state index contributed by atoms with van der Waals surface area (Å²) in [6, 6.07) is 7.54. The van der Waals surface area contributed by atoms with Crippen molar-refractivity contribution in [1.29, 1.82) is 0 Å². The van der Waals surface area contributed by atoms with Crippen LogP contribution in [0.4, 0.5) is 0 Å². The van der Waals surface area contributed by atoms with Gasteiger partial charge in [-0.25, -0.2) is 5.90 Å². The molecule has 0 saturated heterocycles. The monoisotopic (exact) mass is 211 g/mol. The van der Waals surface area contributed by atoms with Crippen LogP contribution in [0, 0.1) is 0 Å². The van der Waals surface area contributed by atoms with Gasteiger partial charge in [-0.05, 0) is 31.2 Å². The van der Waals surface area contributed by atoms with Crippen LogP contribution in [0.5, 0.6) is 11.5 Å². The predicted octanol–water partition coefficient (Wildman–Crippen LogP) is 1.74. The maximum atomic E-state index is 5.45. The zero-order valence-electron chi connectivity index (χ0n) is 8.94. The fourth-order valence-electron chi connectivity index (χ4n) is 1.13. The van der Waals surface area contributed by atoms with Gasteiger partial charge in [-0.2, -0.15) is 0 Å². The number of hydrogen-bond donors (Lipinski definition) is 1. The van der Waals surface area contributed by atoms with Gasteiger partial charge in [-0.15, -0.1) is 0 Å². The van der Waals surface area contributed by atoms with Gasteiger partial charge >= 0.3 is 0 Å². The Bertz CT molecular complexity index is 261. The first-order valence-electron chi connectivity index (χ1n) is 5.04. The van der Waals surface area contributed by atoms with Crippen molar-refractivity contribution in [2.45, 2.75) is 13.3 Å². The zero-order valence-corrected chi connectivity index (χ0v) is 8.94. The summed E-state index contributed by atoms with van der Waals surface area (Å²) < 4.78 is 10.8. The quantitative estimate of drug-likeness (QED) is 0.551. The smallest absolute Gasteiger partial charge is 0.119 e. The maximum Gasteiger partial charge on any atom is 0.119 e. The van der Waals surface area contributed by atoms with Crippen LogP contribution >= 0.6 is 0 Å². The molecule has 84 valence electrons. The van der Waals surface area contributed by atoms with E-state index in [9.17, 15) is 0 Å². The molecule has 0 spiro atoms. The molecule has 2 N–H and O–H groups in total. The lowest BCUT2D eigenvalue weighted by Gasteiger charge is -2.07. The molecule has 0 aliphatic carbocycles. The molecule has 15 heavy (non-hydrogen) atoms. The zero-order chi connectivity index (χ0) is 10.9. The largest absolute Gasteiger partial charge is 0.494 e. The lowest BCUT2D eigenvalue weighted by Crippen LogP contribution is -2.06. The Morgan fingerprint density at radius 2 is 1.60 bits per heavy atom. The Labute approximate surface area is 89.9 Å². The van der Waals surface area contributed by atoms with Gasteiger partial charge in [0, 0.05) is 6.42 Å². The van der Waals surface area contributed by atoms with Crippen molar-refractivity contribution in [2.24, 2.45) is 5.90 Å². The van der Waals surface area contributed by atoms with E-state index in [1.807, 2.05) is 31.2 Å². The lowest BCUT2D eigenvalue weighted by molar-refractivity contribution is 0.122. The Morgan fingerprint density at radius 1 is 1.00 bits per heavy atom. The second-order valence-corrected chi connectivity index (χ2v) is 2.98. The summed E-state index contributed by atoms with van der Waals surface area (Å²) in [5, 5.41) is 0. The second-order valence-electron chi connectivity index (χ2n) is 2.98. The Morgan fingerprint density at radius 3 is 2.13 bits per heavy atom. The summed E-state index contributed by atoms with van der Waals surface area (Å²) in [7, 11) is 0. The van der Waals surface area contributed by atoms with E-state index >= 15 is 0 Å². The van der Waals surface area contributed by atoms with Gasteiger partial charge in [-0.3, -0.25) is 0 Å². The minimum Gasteiger partial charge on any atom is -0.494 e. The highest BCUT2D eigenvalue weighted by Crippen LogP contribution is 2.17. The third kappa shape index (κ3) is 4.67. The third-order valence-corrected chi connectivity index (χ3v) is 1.81. The summed E-state index contributed by atoms with van der Waals surface area (Å²) in [5.74, 6) is 6.57. The summed E-state index contributed by atoms with van der Waals surface area (Å²) >= 11 is 0. The van der Waals surface area contributed by atoms with E-state index in [0.717, 1.165) is 17.9 Å². The third-order valence-electron chi connectivity index (χ3n) is 1.81. The molecule has 0 aliphatic rings. The predicted molar refractivity (Wildman–Crippen MR) is 57.9 cm³/mol. The van der Waals surface area contributed by atoms with Gasteiger partial charge in [0.05, 0.1) is 19.8 Å². The molecule has 1 aromatic carbocycles. The van der Waals surface area contributed by atoms with E-state index in [2.05, 4.69) is 4.84 Å². The van der Waals surface area contributed by atoms with Crippen LogP contribution in [0.1, 0.15) is 13.3 Å². The van der Waals surface area contributed by atoms with Crippen LogP contribution < -0.4 is 15.4 Å². The Balaban J connectivity index is 2.29. The second kappa shape index (κ2) is 7.09. The van der Waals surface area contributed by atoms with Crippen molar-refractivity contribution in [3.05, 3.63) is 24.3 Å². The van der Waals surface area contributed by atoms with Crippen molar-refractivity contribution in [3.63, 3.8) is 0 Å². The molecular formula is C11H17NO3. The molecule has 0 bridgehead atoms. The summed E-state index contributed by atoms with van der Waals surface area (Å²) in [4.78, 5) is 4.43. The van der Waals surface area contributed by atoms with E-state index < -0.39 is 0 Å². The fraction of sp³-hybridized carbons (Fsp3) is 0.455. The van der Waals surface area contributed by atoms with Crippen molar-refractivity contribution in [2.75, 3.05) is 19.8 Å². The van der Waals surface area contributed by atoms with Crippen molar-refractivity contribution < 1.29 is 14.3 Å². The molecule has 0 fully saturated rings. The highest BCUT2D eigenvalue weighted by Gasteiger charge is 1.95. The summed E-state index contributed by atoms with van der Waals surface area (Å²) in [6.45, 7) is 3.74. The highest BCUT2D eigenvalue weighted by atomic mass is 16.6. The van der Waals surface area contributed by atoms with Gasteiger partial charge < -0.3 is 14.3 Å². The van der Waals surface area contributed by atoms with Gasteiger partial charge in [0.2, 0.25) is 0 Å². The first-order valence-corrected chi connectivity index (χ1v) is 5.04. The Hall–Kier alpha value is -1.26. The summed E-state index contributed by atoms with van der Waals surface area (Å²) in [6.07, 6.45) is 0.781. The van der Waals surface area contributed by atoms with Crippen molar-refractivity contribution in [3.8, 4) is 11.5 Å². The van der Waals surface area contributed by atoms with Gasteiger partial charge in [0.1, 0.15) is 11.5 Å². The van der Waals surface area contributed by atoms with Crippen LogP contribution in [-0.2, 0) is 4.84 Å². The molecule has 0 aliphatic heterocycles. The van der Waals surface area contributed by atoms with Crippen LogP contribution in [0.25, 0.3) is 0 Å². The molecule has 1 aromatic rings. The Kier molecular flexibility index (Phi) is 5.58. The van der Waals surface area contributed by atoms with E-state index in [-0.39, 0.29) is 0 Å². The summed E-state index contributed by atoms with van der Waals surface area (Å²) in [5.41, 5.74) is 0. The van der Waals surface area contributed by atoms with Crippen LogP contribution in [0.2, 0.25) is 0 Å². The fourth-order valence-corrected chi connectivity index (χ4v) is 1.13.